The number of ether oxygens (including phenoxy) is 3. The summed E-state index contributed by atoms with van der Waals surface area (Å²) in [5.74, 6) is -0.841. The maximum absolute atomic E-state index is 12.8. The van der Waals surface area contributed by atoms with E-state index in [0.29, 0.717) is 19.3 Å². The van der Waals surface area contributed by atoms with Crippen LogP contribution < -0.4 is 0 Å². The molecule has 0 aliphatic rings. The summed E-state index contributed by atoms with van der Waals surface area (Å²) in [5, 5.41) is 0. The van der Waals surface area contributed by atoms with E-state index < -0.39 is 6.10 Å². The van der Waals surface area contributed by atoms with E-state index >= 15 is 0 Å². The number of unbranched alkanes of at least 4 members (excludes halogenated alkanes) is 49. The third kappa shape index (κ3) is 57.3. The average Bonchev–Trinajstić information content (AvgIpc) is 3.36. The van der Waals surface area contributed by atoms with Gasteiger partial charge in [-0.1, -0.05) is 335 Å². The molecule has 0 fully saturated rings. The average molecular weight is 990 g/mol. The molecule has 0 rings (SSSR count). The number of rotatable bonds is 60. The highest BCUT2D eigenvalue weighted by molar-refractivity contribution is 5.71. The molecule has 0 saturated carbocycles. The minimum absolute atomic E-state index is 0.0618. The summed E-state index contributed by atoms with van der Waals surface area (Å²) >= 11 is 0. The highest BCUT2D eigenvalue weighted by Gasteiger charge is 2.19. The summed E-state index contributed by atoms with van der Waals surface area (Å²) in [4.78, 5) is 38.0. The molecular weight excluding hydrogens is 865 g/mol. The van der Waals surface area contributed by atoms with E-state index in [1.165, 1.54) is 276 Å². The first-order valence-corrected chi connectivity index (χ1v) is 32.0. The molecule has 416 valence electrons. The first-order valence-electron chi connectivity index (χ1n) is 32.0. The predicted molar refractivity (Wildman–Crippen MR) is 303 cm³/mol. The highest BCUT2D eigenvalue weighted by Crippen LogP contribution is 2.19. The normalized spacial score (nSPS) is 11.9. The van der Waals surface area contributed by atoms with Crippen LogP contribution in [0.25, 0.3) is 0 Å². The van der Waals surface area contributed by atoms with Crippen LogP contribution >= 0.6 is 0 Å². The summed E-state index contributed by atoms with van der Waals surface area (Å²) in [6.07, 6.45) is 68.7. The lowest BCUT2D eigenvalue weighted by molar-refractivity contribution is -0.167. The molecule has 0 spiro atoms. The van der Waals surface area contributed by atoms with E-state index in [1.807, 2.05) is 0 Å². The van der Waals surface area contributed by atoms with Gasteiger partial charge in [-0.3, -0.25) is 14.4 Å². The van der Waals surface area contributed by atoms with Crippen LogP contribution in [0.4, 0.5) is 0 Å². The van der Waals surface area contributed by atoms with Gasteiger partial charge < -0.3 is 14.2 Å². The Kier molecular flexibility index (Phi) is 58.6. The molecule has 6 heteroatoms. The SMILES string of the molecule is CCCCCCCCCCCCCCCCCCCCCCCCCCCCCCCCCCC(=O)OCC(COC(=O)CCCCCCCCCC)OC(=O)CCCCCCCCCCCCCC. The van der Waals surface area contributed by atoms with Gasteiger partial charge in [-0.2, -0.15) is 0 Å². The van der Waals surface area contributed by atoms with Crippen molar-refractivity contribution in [2.24, 2.45) is 0 Å². The highest BCUT2D eigenvalue weighted by atomic mass is 16.6. The van der Waals surface area contributed by atoms with Crippen molar-refractivity contribution in [3.8, 4) is 0 Å². The molecule has 70 heavy (non-hydrogen) atoms. The fourth-order valence-corrected chi connectivity index (χ4v) is 10.0. The van der Waals surface area contributed by atoms with E-state index in [4.69, 9.17) is 14.2 Å². The zero-order chi connectivity index (χ0) is 50.7. The Labute approximate surface area is 438 Å². The van der Waals surface area contributed by atoms with Crippen molar-refractivity contribution >= 4 is 17.9 Å². The van der Waals surface area contributed by atoms with Crippen LogP contribution in [0.2, 0.25) is 0 Å². The smallest absolute Gasteiger partial charge is 0.306 e. The molecule has 0 aromatic heterocycles. The molecule has 0 aliphatic carbocycles. The Morgan fingerprint density at radius 2 is 0.386 bits per heavy atom. The van der Waals surface area contributed by atoms with Crippen molar-refractivity contribution in [3.63, 3.8) is 0 Å². The Morgan fingerprint density at radius 3 is 0.571 bits per heavy atom. The first kappa shape index (κ1) is 68.4. The summed E-state index contributed by atoms with van der Waals surface area (Å²) < 4.78 is 16.8. The van der Waals surface area contributed by atoms with Gasteiger partial charge >= 0.3 is 17.9 Å². The Morgan fingerprint density at radius 1 is 0.229 bits per heavy atom. The Balaban J connectivity index is 3.90. The molecule has 1 unspecified atom stereocenters. The van der Waals surface area contributed by atoms with Crippen molar-refractivity contribution < 1.29 is 28.6 Å². The molecule has 0 bridgehead atoms. The minimum atomic E-state index is -0.760. The Hall–Kier alpha value is -1.59. The fraction of sp³-hybridized carbons (Fsp3) is 0.953. The molecule has 0 radical (unpaired) electrons. The van der Waals surface area contributed by atoms with Crippen molar-refractivity contribution in [3.05, 3.63) is 0 Å². The van der Waals surface area contributed by atoms with Gasteiger partial charge in [0.15, 0.2) is 6.10 Å². The van der Waals surface area contributed by atoms with Crippen molar-refractivity contribution in [1.29, 1.82) is 0 Å². The van der Waals surface area contributed by atoms with Gasteiger partial charge in [0, 0.05) is 19.3 Å². The second-order valence-corrected chi connectivity index (χ2v) is 22.1. The van der Waals surface area contributed by atoms with Gasteiger partial charge in [-0.25, -0.2) is 0 Å². The van der Waals surface area contributed by atoms with Crippen LogP contribution in [0, 0.1) is 0 Å². The van der Waals surface area contributed by atoms with Crippen LogP contribution in [0.1, 0.15) is 374 Å². The lowest BCUT2D eigenvalue weighted by Crippen LogP contribution is -2.30. The second kappa shape index (κ2) is 60.0. The number of esters is 3. The topological polar surface area (TPSA) is 78.9 Å². The molecule has 0 aliphatic heterocycles. The molecule has 0 amide bonds. The van der Waals surface area contributed by atoms with Gasteiger partial charge in [0.25, 0.3) is 0 Å². The minimum Gasteiger partial charge on any atom is -0.462 e. The molecule has 0 N–H and O–H groups in total. The fourth-order valence-electron chi connectivity index (χ4n) is 10.0. The molecule has 0 heterocycles. The van der Waals surface area contributed by atoms with Crippen molar-refractivity contribution in [1.82, 2.24) is 0 Å². The molecule has 6 nitrogen and oxygen atoms in total. The van der Waals surface area contributed by atoms with Crippen LogP contribution in [0.5, 0.6) is 0 Å². The van der Waals surface area contributed by atoms with E-state index in [0.717, 1.165) is 57.8 Å². The molecule has 0 aromatic carbocycles. The number of hydrogen-bond acceptors (Lipinski definition) is 6. The molecule has 1 atom stereocenters. The second-order valence-electron chi connectivity index (χ2n) is 22.1. The van der Waals surface area contributed by atoms with Gasteiger partial charge in [-0.15, -0.1) is 0 Å². The quantitative estimate of drug-likeness (QED) is 0.0343. The maximum Gasteiger partial charge on any atom is 0.306 e. The van der Waals surface area contributed by atoms with Gasteiger partial charge in [0.1, 0.15) is 13.2 Å². The zero-order valence-electron chi connectivity index (χ0n) is 47.8. The van der Waals surface area contributed by atoms with E-state index in [2.05, 4.69) is 20.8 Å². The lowest BCUT2D eigenvalue weighted by atomic mass is 10.0. The lowest BCUT2D eigenvalue weighted by Gasteiger charge is -2.18. The zero-order valence-corrected chi connectivity index (χ0v) is 47.8. The summed E-state index contributed by atoms with van der Waals surface area (Å²) in [5.41, 5.74) is 0. The molecular formula is C64H124O6. The first-order chi connectivity index (χ1) is 34.5. The summed E-state index contributed by atoms with van der Waals surface area (Å²) in [6, 6.07) is 0. The van der Waals surface area contributed by atoms with Crippen molar-refractivity contribution in [2.75, 3.05) is 13.2 Å². The summed E-state index contributed by atoms with van der Waals surface area (Å²) in [7, 11) is 0. The van der Waals surface area contributed by atoms with Crippen LogP contribution in [-0.2, 0) is 28.6 Å². The maximum atomic E-state index is 12.8. The molecule has 0 aromatic rings. The van der Waals surface area contributed by atoms with Gasteiger partial charge in [-0.05, 0) is 19.3 Å². The van der Waals surface area contributed by atoms with Crippen LogP contribution in [0.15, 0.2) is 0 Å². The van der Waals surface area contributed by atoms with E-state index in [-0.39, 0.29) is 31.1 Å². The van der Waals surface area contributed by atoms with Gasteiger partial charge in [0.05, 0.1) is 0 Å². The summed E-state index contributed by atoms with van der Waals surface area (Å²) in [6.45, 7) is 6.67. The number of hydrogen-bond donors (Lipinski definition) is 0. The third-order valence-corrected chi connectivity index (χ3v) is 14.9. The van der Waals surface area contributed by atoms with E-state index in [9.17, 15) is 14.4 Å². The molecule has 0 saturated heterocycles. The van der Waals surface area contributed by atoms with Crippen LogP contribution in [-0.4, -0.2) is 37.2 Å². The van der Waals surface area contributed by atoms with E-state index in [1.54, 1.807) is 0 Å². The monoisotopic (exact) mass is 989 g/mol. The third-order valence-electron chi connectivity index (χ3n) is 14.9. The van der Waals surface area contributed by atoms with Crippen molar-refractivity contribution in [2.45, 2.75) is 380 Å². The predicted octanol–water partition coefficient (Wildman–Crippen LogP) is 21.5. The largest absolute Gasteiger partial charge is 0.462 e. The Bertz CT molecular complexity index is 1040. The van der Waals surface area contributed by atoms with Gasteiger partial charge in [0.2, 0.25) is 0 Å². The van der Waals surface area contributed by atoms with Crippen LogP contribution in [0.3, 0.4) is 0 Å². The number of carbonyl (C=O) groups is 3. The number of carbonyl (C=O) groups excluding carboxylic acids is 3. The standard InChI is InChI=1S/C64H124O6/c1-4-7-10-13-16-19-21-23-24-25-26-27-28-29-30-31-32-33-34-35-36-37-38-39-40-41-42-44-45-48-51-54-57-63(66)69-60-61(59-68-62(65)56-53-50-47-18-15-12-9-6-3)70-64(67)58-55-52-49-46-43-22-20-17-14-11-8-5-2/h61H,4-60H2,1-3H3.